The second-order valence-corrected chi connectivity index (χ2v) is 8.25. The molecule has 1 amide bonds. The molecule has 1 aromatic heterocycles. The molecule has 0 spiro atoms. The lowest BCUT2D eigenvalue weighted by atomic mass is 10.1. The number of carbonyl (C=O) groups excluding carboxylic acids is 1. The zero-order valence-corrected chi connectivity index (χ0v) is 17.6. The zero-order valence-electron chi connectivity index (χ0n) is 15.3. The van der Waals surface area contributed by atoms with E-state index in [4.69, 9.17) is 23.2 Å². The van der Waals surface area contributed by atoms with Crippen molar-refractivity contribution in [2.45, 2.75) is 5.75 Å². The normalized spacial score (nSPS) is 11.0. The molecule has 0 atom stereocenters. The van der Waals surface area contributed by atoms with Crippen LogP contribution in [0, 0.1) is 0 Å². The summed E-state index contributed by atoms with van der Waals surface area (Å²) in [5, 5.41) is 4.20. The van der Waals surface area contributed by atoms with Crippen LogP contribution in [0.5, 0.6) is 0 Å². The number of benzene rings is 3. The van der Waals surface area contributed by atoms with Crippen LogP contribution in [0.15, 0.2) is 66.7 Å². The highest BCUT2D eigenvalue weighted by atomic mass is 35.5. The van der Waals surface area contributed by atoms with Crippen LogP contribution in [0.4, 0.5) is 5.69 Å². The molecule has 0 unspecified atom stereocenters. The van der Waals surface area contributed by atoms with Crippen LogP contribution < -0.4 is 5.32 Å². The predicted octanol–water partition coefficient (Wildman–Crippen LogP) is 6.41. The number of para-hydroxylation sites is 3. The Morgan fingerprint density at radius 2 is 1.83 bits per heavy atom. The molecule has 4 nitrogen and oxygen atoms in total. The molecule has 0 radical (unpaired) electrons. The summed E-state index contributed by atoms with van der Waals surface area (Å²) < 4.78 is 0. The molecule has 146 valence electrons. The summed E-state index contributed by atoms with van der Waals surface area (Å²) in [5.74, 6) is 1.59. The number of fused-ring (bicyclic) bond motifs is 1. The smallest absolute Gasteiger partial charge is 0.234 e. The first-order valence-corrected chi connectivity index (χ1v) is 10.9. The first-order valence-electron chi connectivity index (χ1n) is 8.96. The average molecular weight is 442 g/mol. The summed E-state index contributed by atoms with van der Waals surface area (Å²) in [5.41, 5.74) is 4.37. The molecule has 7 heteroatoms. The maximum absolute atomic E-state index is 12.5. The maximum atomic E-state index is 12.5. The molecule has 4 rings (SSSR count). The largest absolute Gasteiger partial charge is 0.338 e. The number of carbonyl (C=O) groups is 1. The van der Waals surface area contributed by atoms with Gasteiger partial charge in [-0.2, -0.15) is 0 Å². The van der Waals surface area contributed by atoms with Crippen molar-refractivity contribution in [2.75, 3.05) is 11.1 Å². The fourth-order valence-corrected chi connectivity index (χ4v) is 4.34. The number of nitrogens with one attached hydrogen (secondary N) is 2. The van der Waals surface area contributed by atoms with Gasteiger partial charge in [0.15, 0.2) is 0 Å². The van der Waals surface area contributed by atoms with E-state index in [1.54, 1.807) is 12.1 Å². The molecule has 3 aromatic carbocycles. The molecule has 0 fully saturated rings. The van der Waals surface area contributed by atoms with Gasteiger partial charge in [-0.25, -0.2) is 4.98 Å². The van der Waals surface area contributed by atoms with E-state index in [1.807, 2.05) is 54.6 Å². The van der Waals surface area contributed by atoms with Crippen LogP contribution in [0.1, 0.15) is 5.56 Å². The number of imidazole rings is 1. The molecule has 1 heterocycles. The summed E-state index contributed by atoms with van der Waals surface area (Å²) in [6.45, 7) is 0. The number of aromatic nitrogens is 2. The monoisotopic (exact) mass is 441 g/mol. The number of H-pyrrole nitrogens is 1. The van der Waals surface area contributed by atoms with Crippen molar-refractivity contribution >= 4 is 57.6 Å². The van der Waals surface area contributed by atoms with Crippen LogP contribution in [0.3, 0.4) is 0 Å². The topological polar surface area (TPSA) is 57.8 Å². The summed E-state index contributed by atoms with van der Waals surface area (Å²) in [7, 11) is 0. The second-order valence-electron chi connectivity index (χ2n) is 6.42. The highest BCUT2D eigenvalue weighted by Crippen LogP contribution is 2.28. The van der Waals surface area contributed by atoms with E-state index in [0.29, 0.717) is 21.6 Å². The van der Waals surface area contributed by atoms with Gasteiger partial charge in [0.2, 0.25) is 5.91 Å². The van der Waals surface area contributed by atoms with E-state index in [-0.39, 0.29) is 5.91 Å². The Hall–Kier alpha value is -2.47. The Balaban J connectivity index is 1.43. The number of hydrogen-bond acceptors (Lipinski definition) is 3. The van der Waals surface area contributed by atoms with Gasteiger partial charge in [-0.05, 0) is 42.0 Å². The molecule has 0 aliphatic rings. The molecular formula is C22H17Cl2N3OS. The first-order chi connectivity index (χ1) is 14.1. The lowest BCUT2D eigenvalue weighted by Crippen LogP contribution is -2.15. The van der Waals surface area contributed by atoms with E-state index in [1.165, 1.54) is 11.8 Å². The van der Waals surface area contributed by atoms with Gasteiger partial charge in [-0.1, -0.05) is 53.5 Å². The number of nitrogens with zero attached hydrogens (tertiary/aromatic N) is 1. The van der Waals surface area contributed by atoms with E-state index < -0.39 is 0 Å². The van der Waals surface area contributed by atoms with Crippen molar-refractivity contribution in [2.24, 2.45) is 0 Å². The van der Waals surface area contributed by atoms with E-state index in [0.717, 1.165) is 33.7 Å². The van der Waals surface area contributed by atoms with Crippen LogP contribution >= 0.6 is 35.0 Å². The third-order valence-electron chi connectivity index (χ3n) is 4.35. The molecule has 0 aliphatic heterocycles. The standard InChI is InChI=1S/C22H17Cl2N3OS/c23-15-10-9-14(17(24)11-15)12-29-13-21(28)25-18-6-2-1-5-16(18)22-26-19-7-3-4-8-20(19)27-22/h1-11H,12-13H2,(H,25,28)(H,26,27). The molecule has 0 bridgehead atoms. The number of amides is 1. The van der Waals surface area contributed by atoms with Gasteiger partial charge in [0.05, 0.1) is 22.5 Å². The van der Waals surface area contributed by atoms with Crippen LogP contribution in [-0.2, 0) is 10.5 Å². The Morgan fingerprint density at radius 1 is 1.03 bits per heavy atom. The van der Waals surface area contributed by atoms with E-state index in [9.17, 15) is 4.79 Å². The number of aromatic amines is 1. The Labute approximate surface area is 182 Å². The highest BCUT2D eigenvalue weighted by Gasteiger charge is 2.12. The minimum Gasteiger partial charge on any atom is -0.338 e. The second kappa shape index (κ2) is 8.91. The molecule has 4 aromatic rings. The number of thioether (sulfide) groups is 1. The van der Waals surface area contributed by atoms with Crippen molar-refractivity contribution in [3.63, 3.8) is 0 Å². The van der Waals surface area contributed by atoms with Crippen LogP contribution in [-0.4, -0.2) is 21.6 Å². The van der Waals surface area contributed by atoms with Crippen molar-refractivity contribution in [1.29, 1.82) is 0 Å². The Kier molecular flexibility index (Phi) is 6.09. The zero-order chi connectivity index (χ0) is 20.2. The Morgan fingerprint density at radius 3 is 2.66 bits per heavy atom. The van der Waals surface area contributed by atoms with Crippen molar-refractivity contribution in [1.82, 2.24) is 9.97 Å². The molecule has 0 saturated carbocycles. The van der Waals surface area contributed by atoms with Gasteiger partial charge in [0.25, 0.3) is 0 Å². The molecule has 29 heavy (non-hydrogen) atoms. The molecule has 0 aliphatic carbocycles. The van der Waals surface area contributed by atoms with Crippen LogP contribution in [0.25, 0.3) is 22.4 Å². The highest BCUT2D eigenvalue weighted by molar-refractivity contribution is 7.99. The van der Waals surface area contributed by atoms with Gasteiger partial charge in [0.1, 0.15) is 5.82 Å². The minimum atomic E-state index is -0.0800. The van der Waals surface area contributed by atoms with Gasteiger partial charge < -0.3 is 10.3 Å². The van der Waals surface area contributed by atoms with Gasteiger partial charge in [-0.3, -0.25) is 4.79 Å². The quantitative estimate of drug-likeness (QED) is 0.363. The number of anilines is 1. The summed E-state index contributed by atoms with van der Waals surface area (Å²) in [4.78, 5) is 20.4. The summed E-state index contributed by atoms with van der Waals surface area (Å²) in [6.07, 6.45) is 0. The fraction of sp³-hybridized carbons (Fsp3) is 0.0909. The van der Waals surface area contributed by atoms with Crippen molar-refractivity contribution in [3.05, 3.63) is 82.3 Å². The lowest BCUT2D eigenvalue weighted by Gasteiger charge is -2.10. The fourth-order valence-electron chi connectivity index (χ4n) is 2.96. The Bertz CT molecular complexity index is 1140. The first kappa shape index (κ1) is 19.8. The van der Waals surface area contributed by atoms with Gasteiger partial charge in [0, 0.05) is 21.4 Å². The molecule has 2 N–H and O–H groups in total. The SMILES string of the molecule is O=C(CSCc1ccc(Cl)cc1Cl)Nc1ccccc1-c1nc2ccccc2[nH]1. The van der Waals surface area contributed by atoms with Crippen LogP contribution in [0.2, 0.25) is 10.0 Å². The number of hydrogen-bond donors (Lipinski definition) is 2. The van der Waals surface area contributed by atoms with E-state index >= 15 is 0 Å². The molecular weight excluding hydrogens is 425 g/mol. The predicted molar refractivity (Wildman–Crippen MR) is 123 cm³/mol. The van der Waals surface area contributed by atoms with Gasteiger partial charge in [-0.15, -0.1) is 11.8 Å². The van der Waals surface area contributed by atoms with Crippen molar-refractivity contribution in [3.8, 4) is 11.4 Å². The summed E-state index contributed by atoms with van der Waals surface area (Å²) in [6, 6.07) is 20.9. The average Bonchev–Trinajstić information content (AvgIpc) is 3.14. The molecule has 0 saturated heterocycles. The number of halogens is 2. The van der Waals surface area contributed by atoms with Crippen molar-refractivity contribution < 1.29 is 4.79 Å². The van der Waals surface area contributed by atoms with E-state index in [2.05, 4.69) is 15.3 Å². The lowest BCUT2D eigenvalue weighted by molar-refractivity contribution is -0.113. The third kappa shape index (κ3) is 4.75. The summed E-state index contributed by atoms with van der Waals surface area (Å²) >= 11 is 13.6. The third-order valence-corrected chi connectivity index (χ3v) is 5.92. The number of rotatable bonds is 6. The van der Waals surface area contributed by atoms with Gasteiger partial charge >= 0.3 is 0 Å². The maximum Gasteiger partial charge on any atom is 0.234 e. The minimum absolute atomic E-state index is 0.0800.